The normalized spacial score (nSPS) is 20.2. The van der Waals surface area contributed by atoms with Crippen molar-refractivity contribution in [1.29, 1.82) is 0 Å². The molecule has 1 unspecified atom stereocenters. The summed E-state index contributed by atoms with van der Waals surface area (Å²) in [6.07, 6.45) is -0.175. The van der Waals surface area contributed by atoms with E-state index < -0.39 is 5.92 Å². The minimum atomic E-state index is -2.69. The first kappa shape index (κ1) is 22.4. The van der Waals surface area contributed by atoms with Gasteiger partial charge in [-0.1, -0.05) is 0 Å². The Morgan fingerprint density at radius 3 is 2.76 bits per heavy atom. The molecule has 3 aromatic heterocycles. The van der Waals surface area contributed by atoms with E-state index in [1.165, 1.54) is 11.3 Å². The van der Waals surface area contributed by atoms with Gasteiger partial charge in [0.05, 0.1) is 23.4 Å². The summed E-state index contributed by atoms with van der Waals surface area (Å²) in [5.74, 6) is -1.32. The summed E-state index contributed by atoms with van der Waals surface area (Å²) >= 11 is 1.41. The number of fused-ring (bicyclic) bond motifs is 1. The zero-order valence-electron chi connectivity index (χ0n) is 18.8. The van der Waals surface area contributed by atoms with E-state index >= 15 is 0 Å². The van der Waals surface area contributed by atoms with Crippen molar-refractivity contribution in [2.45, 2.75) is 32.2 Å². The van der Waals surface area contributed by atoms with E-state index in [0.29, 0.717) is 48.2 Å². The molecule has 5 rings (SSSR count). The number of rotatable bonds is 3. The summed E-state index contributed by atoms with van der Waals surface area (Å²) in [7, 11) is 0. The summed E-state index contributed by atoms with van der Waals surface area (Å²) < 4.78 is 27.1. The fourth-order valence-electron chi connectivity index (χ4n) is 4.40. The highest BCUT2D eigenvalue weighted by Gasteiger charge is 2.39. The molecular formula is C21H25F2N9OS. The molecule has 2 saturated heterocycles. The zero-order valence-corrected chi connectivity index (χ0v) is 19.6. The molecular weight excluding hydrogens is 464 g/mol. The molecule has 0 spiro atoms. The first-order chi connectivity index (χ1) is 16.2. The van der Waals surface area contributed by atoms with Gasteiger partial charge in [-0.2, -0.15) is 4.98 Å². The number of pyridine rings is 1. The lowest BCUT2D eigenvalue weighted by Gasteiger charge is -2.40. The number of nitrogens with zero attached hydrogens (tertiary/aromatic N) is 7. The van der Waals surface area contributed by atoms with Gasteiger partial charge in [0, 0.05) is 38.6 Å². The van der Waals surface area contributed by atoms with E-state index in [4.69, 9.17) is 5.73 Å². The third-order valence-electron chi connectivity index (χ3n) is 6.19. The third-order valence-corrected chi connectivity index (χ3v) is 6.91. The van der Waals surface area contributed by atoms with Gasteiger partial charge < -0.3 is 25.8 Å². The van der Waals surface area contributed by atoms with Crippen LogP contribution in [0, 0.1) is 6.92 Å². The number of thiazole rings is 1. The maximum absolute atomic E-state index is 13.5. The first-order valence-corrected chi connectivity index (χ1v) is 11.9. The van der Waals surface area contributed by atoms with Gasteiger partial charge in [-0.15, -0.1) is 11.3 Å². The van der Waals surface area contributed by atoms with Crippen LogP contribution in [0.25, 0.3) is 10.3 Å². The van der Waals surface area contributed by atoms with E-state index in [1.54, 1.807) is 34.4 Å². The second-order valence-electron chi connectivity index (χ2n) is 8.66. The number of nitrogens with one attached hydrogen (secondary N) is 1. The summed E-state index contributed by atoms with van der Waals surface area (Å²) in [4.78, 5) is 36.5. The lowest BCUT2D eigenvalue weighted by molar-refractivity contribution is 0.0256. The maximum Gasteiger partial charge on any atom is 0.322 e. The van der Waals surface area contributed by atoms with Gasteiger partial charge in [0.25, 0.3) is 5.92 Å². The molecule has 13 heteroatoms. The number of alkyl halides is 2. The molecule has 3 N–H and O–H groups in total. The lowest BCUT2D eigenvalue weighted by Crippen LogP contribution is -2.55. The number of nitrogen functional groups attached to an aromatic ring is 1. The van der Waals surface area contributed by atoms with Crippen LogP contribution in [0.4, 0.5) is 36.8 Å². The molecule has 0 saturated carbocycles. The van der Waals surface area contributed by atoms with Crippen molar-refractivity contribution < 1.29 is 13.6 Å². The Labute approximate surface area is 198 Å². The van der Waals surface area contributed by atoms with E-state index in [2.05, 4.69) is 30.2 Å². The summed E-state index contributed by atoms with van der Waals surface area (Å²) in [5, 5.41) is 2.91. The third kappa shape index (κ3) is 4.27. The number of aryl methyl sites for hydroxylation is 1. The Morgan fingerprint density at radius 1 is 1.24 bits per heavy atom. The number of amides is 2. The van der Waals surface area contributed by atoms with Crippen LogP contribution in [0.15, 0.2) is 17.6 Å². The number of carbonyl (C=O) groups excluding carboxylic acids is 1. The number of urea groups is 1. The molecule has 5 heterocycles. The molecule has 0 bridgehead atoms. The number of halogens is 2. The van der Waals surface area contributed by atoms with Gasteiger partial charge in [-0.3, -0.25) is 0 Å². The summed E-state index contributed by atoms with van der Waals surface area (Å²) in [6.45, 7) is 5.23. The number of anilines is 4. The van der Waals surface area contributed by atoms with Crippen molar-refractivity contribution in [2.75, 3.05) is 53.6 Å². The molecule has 2 aliphatic heterocycles. The number of nitrogens with two attached hydrogens (primary N) is 1. The standard InChI is InChI=1S/C21H25F2N9OS/c1-12-9-30(7-8-32(12)17-16-18(34-11-25-16)29-19(24)28-17)20(33)27-14-3-4-15(26-13(14)2)31-6-5-21(22,23)10-31/h3-4,11-12H,5-10H2,1-2H3,(H,27,33)(H2,24,28,29). The molecule has 2 amide bonds. The number of carbonyl (C=O) groups is 1. The highest BCUT2D eigenvalue weighted by molar-refractivity contribution is 7.16. The molecule has 0 aliphatic carbocycles. The van der Waals surface area contributed by atoms with Crippen molar-refractivity contribution in [3.8, 4) is 0 Å². The second-order valence-corrected chi connectivity index (χ2v) is 9.49. The van der Waals surface area contributed by atoms with Crippen LogP contribution in [0.1, 0.15) is 19.0 Å². The quantitative estimate of drug-likeness (QED) is 0.577. The Kier molecular flexibility index (Phi) is 5.58. The van der Waals surface area contributed by atoms with Gasteiger partial charge in [-0.05, 0) is 26.0 Å². The van der Waals surface area contributed by atoms with Gasteiger partial charge >= 0.3 is 6.03 Å². The smallest absolute Gasteiger partial charge is 0.322 e. The Hall–Kier alpha value is -3.35. The van der Waals surface area contributed by atoms with E-state index in [-0.39, 0.29) is 37.5 Å². The van der Waals surface area contributed by atoms with Crippen molar-refractivity contribution >= 4 is 51.0 Å². The van der Waals surface area contributed by atoms with Crippen LogP contribution in [-0.4, -0.2) is 75.6 Å². The van der Waals surface area contributed by atoms with Gasteiger partial charge in [-0.25, -0.2) is 28.5 Å². The zero-order chi connectivity index (χ0) is 24.0. The Morgan fingerprint density at radius 2 is 2.06 bits per heavy atom. The minimum Gasteiger partial charge on any atom is -0.368 e. The second kappa shape index (κ2) is 8.46. The van der Waals surface area contributed by atoms with Crippen LogP contribution in [0.5, 0.6) is 0 Å². The topological polar surface area (TPSA) is 116 Å². The lowest BCUT2D eigenvalue weighted by atomic mass is 10.2. The Bertz CT molecular complexity index is 1240. The van der Waals surface area contributed by atoms with E-state index in [1.807, 2.05) is 6.92 Å². The van der Waals surface area contributed by atoms with Gasteiger partial charge in [0.15, 0.2) is 10.6 Å². The van der Waals surface area contributed by atoms with Crippen LogP contribution >= 0.6 is 11.3 Å². The van der Waals surface area contributed by atoms with Crippen molar-refractivity contribution in [3.05, 3.63) is 23.3 Å². The Balaban J connectivity index is 1.25. The van der Waals surface area contributed by atoms with Gasteiger partial charge in [0.1, 0.15) is 11.3 Å². The summed E-state index contributed by atoms with van der Waals surface area (Å²) in [6, 6.07) is 3.13. The average molecular weight is 490 g/mol. The molecule has 0 radical (unpaired) electrons. The average Bonchev–Trinajstić information content (AvgIpc) is 3.40. The molecule has 2 fully saturated rings. The number of aromatic nitrogens is 4. The molecule has 0 aromatic carbocycles. The first-order valence-electron chi connectivity index (χ1n) is 11.0. The monoisotopic (exact) mass is 489 g/mol. The molecule has 3 aromatic rings. The molecule has 34 heavy (non-hydrogen) atoms. The number of piperazine rings is 1. The molecule has 1 atom stereocenters. The highest BCUT2D eigenvalue weighted by Crippen LogP contribution is 2.31. The minimum absolute atomic E-state index is 0.0165. The van der Waals surface area contributed by atoms with Gasteiger partial charge in [0.2, 0.25) is 5.95 Å². The fraction of sp³-hybridized carbons (Fsp3) is 0.476. The van der Waals surface area contributed by atoms with E-state index in [9.17, 15) is 13.6 Å². The molecule has 2 aliphatic rings. The fourth-order valence-corrected chi connectivity index (χ4v) is 5.06. The van der Waals surface area contributed by atoms with Crippen LogP contribution in [-0.2, 0) is 0 Å². The SMILES string of the molecule is Cc1nc(N2CCC(F)(F)C2)ccc1NC(=O)N1CCN(c2nc(N)nc3scnc23)C(C)C1. The van der Waals surface area contributed by atoms with Crippen LogP contribution < -0.4 is 20.9 Å². The maximum atomic E-state index is 13.5. The summed E-state index contributed by atoms with van der Waals surface area (Å²) in [5.41, 5.74) is 9.45. The predicted octanol–water partition coefficient (Wildman–Crippen LogP) is 2.96. The molecule has 180 valence electrons. The van der Waals surface area contributed by atoms with Crippen molar-refractivity contribution in [1.82, 2.24) is 24.8 Å². The van der Waals surface area contributed by atoms with E-state index in [0.717, 1.165) is 4.83 Å². The van der Waals surface area contributed by atoms with Crippen LogP contribution in [0.3, 0.4) is 0 Å². The van der Waals surface area contributed by atoms with Crippen molar-refractivity contribution in [3.63, 3.8) is 0 Å². The highest BCUT2D eigenvalue weighted by atomic mass is 32.1. The molecule has 10 nitrogen and oxygen atoms in total. The van der Waals surface area contributed by atoms with Crippen molar-refractivity contribution in [2.24, 2.45) is 0 Å². The largest absolute Gasteiger partial charge is 0.368 e. The predicted molar refractivity (Wildman–Crippen MR) is 128 cm³/mol. The number of hydrogen-bond acceptors (Lipinski definition) is 9. The number of hydrogen-bond donors (Lipinski definition) is 2. The van der Waals surface area contributed by atoms with Crippen LogP contribution in [0.2, 0.25) is 0 Å².